The number of benzene rings is 2. The molecule has 0 aliphatic carbocycles. The van der Waals surface area contributed by atoms with Gasteiger partial charge in [-0.15, -0.1) is 10.2 Å². The number of hydrogen-bond donors (Lipinski definition) is 1. The Labute approximate surface area is 130 Å². The molecule has 0 bridgehead atoms. The van der Waals surface area contributed by atoms with Crippen molar-refractivity contribution in [2.75, 3.05) is 5.32 Å². The van der Waals surface area contributed by atoms with Crippen LogP contribution in [0.15, 0.2) is 42.5 Å². The minimum atomic E-state index is 0.358. The van der Waals surface area contributed by atoms with Crippen LogP contribution in [0.5, 0.6) is 0 Å². The van der Waals surface area contributed by atoms with Crippen molar-refractivity contribution in [1.82, 2.24) is 10.2 Å². The van der Waals surface area contributed by atoms with Crippen molar-refractivity contribution in [1.29, 1.82) is 0 Å². The van der Waals surface area contributed by atoms with Gasteiger partial charge in [-0.05, 0) is 12.1 Å². The summed E-state index contributed by atoms with van der Waals surface area (Å²) in [5, 5.41) is 14.2. The van der Waals surface area contributed by atoms with E-state index in [4.69, 9.17) is 34.8 Å². The second-order valence-corrected chi connectivity index (χ2v) is 5.28. The van der Waals surface area contributed by atoms with Crippen LogP contribution >= 0.6 is 34.8 Å². The van der Waals surface area contributed by atoms with E-state index >= 15 is 0 Å². The topological polar surface area (TPSA) is 37.8 Å². The molecule has 0 unspecified atom stereocenters. The molecule has 3 nitrogen and oxygen atoms in total. The van der Waals surface area contributed by atoms with Crippen molar-refractivity contribution in [2.24, 2.45) is 0 Å². The average molecular weight is 325 g/mol. The minimum absolute atomic E-state index is 0.358. The molecule has 3 rings (SSSR count). The molecule has 1 aromatic heterocycles. The number of halogens is 3. The van der Waals surface area contributed by atoms with Gasteiger partial charge in [0.2, 0.25) is 0 Å². The van der Waals surface area contributed by atoms with Crippen LogP contribution in [0.25, 0.3) is 10.8 Å². The second-order valence-electron chi connectivity index (χ2n) is 4.11. The number of nitrogens with zero attached hydrogens (tertiary/aromatic N) is 2. The molecule has 0 spiro atoms. The van der Waals surface area contributed by atoms with Gasteiger partial charge < -0.3 is 5.32 Å². The molecule has 0 amide bonds. The van der Waals surface area contributed by atoms with E-state index in [2.05, 4.69) is 15.5 Å². The molecule has 2 aromatic carbocycles. The molecule has 0 saturated carbocycles. The predicted octanol–water partition coefficient (Wildman–Crippen LogP) is 5.33. The molecule has 0 radical (unpaired) electrons. The summed E-state index contributed by atoms with van der Waals surface area (Å²) < 4.78 is 0. The summed E-state index contributed by atoms with van der Waals surface area (Å²) in [7, 11) is 0. The van der Waals surface area contributed by atoms with E-state index in [9.17, 15) is 0 Å². The summed E-state index contributed by atoms with van der Waals surface area (Å²) in [5.41, 5.74) is 0.595. The number of para-hydroxylation sites is 1. The van der Waals surface area contributed by atoms with Crippen LogP contribution in [0.4, 0.5) is 11.5 Å². The van der Waals surface area contributed by atoms with Gasteiger partial charge in [-0.3, -0.25) is 0 Å². The van der Waals surface area contributed by atoms with Crippen LogP contribution < -0.4 is 5.32 Å². The normalized spacial score (nSPS) is 10.8. The Morgan fingerprint density at radius 1 is 0.750 bits per heavy atom. The molecule has 1 heterocycles. The third-order valence-corrected chi connectivity index (χ3v) is 3.76. The highest BCUT2D eigenvalue weighted by Gasteiger charge is 2.11. The zero-order valence-electron chi connectivity index (χ0n) is 10.1. The summed E-state index contributed by atoms with van der Waals surface area (Å²) in [5.74, 6) is 0.556. The molecular weight excluding hydrogens is 317 g/mol. The second kappa shape index (κ2) is 5.44. The number of nitrogens with one attached hydrogen (secondary N) is 1. The Morgan fingerprint density at radius 3 is 2.10 bits per heavy atom. The first kappa shape index (κ1) is 13.4. The molecular formula is C14H8Cl3N3. The number of hydrogen-bond acceptors (Lipinski definition) is 3. The minimum Gasteiger partial charge on any atom is -0.336 e. The molecule has 0 fully saturated rings. The van der Waals surface area contributed by atoms with Gasteiger partial charge in [0.05, 0.1) is 15.7 Å². The average Bonchev–Trinajstić information content (AvgIpc) is 2.46. The molecule has 20 heavy (non-hydrogen) atoms. The maximum Gasteiger partial charge on any atom is 0.161 e. The Kier molecular flexibility index (Phi) is 3.66. The van der Waals surface area contributed by atoms with Crippen molar-refractivity contribution in [3.05, 3.63) is 57.7 Å². The third kappa shape index (κ3) is 2.40. The van der Waals surface area contributed by atoms with E-state index in [0.29, 0.717) is 26.7 Å². The van der Waals surface area contributed by atoms with Crippen molar-refractivity contribution < 1.29 is 0 Å². The first-order valence-corrected chi connectivity index (χ1v) is 6.92. The standard InChI is InChI=1S/C14H8Cl3N3/c15-10-6-3-7-11(16)12(10)18-14-9-5-2-1-4-8(9)13(17)19-20-14/h1-7H,(H,18,20). The van der Waals surface area contributed by atoms with Gasteiger partial charge in [-0.1, -0.05) is 65.1 Å². The van der Waals surface area contributed by atoms with E-state index < -0.39 is 0 Å². The molecule has 0 aliphatic rings. The SMILES string of the molecule is Clc1cccc(Cl)c1Nc1nnc(Cl)c2ccccc12. The predicted molar refractivity (Wildman–Crippen MR) is 84.3 cm³/mol. The van der Waals surface area contributed by atoms with Gasteiger partial charge >= 0.3 is 0 Å². The molecule has 100 valence electrons. The fourth-order valence-electron chi connectivity index (χ4n) is 1.90. The van der Waals surface area contributed by atoms with Crippen molar-refractivity contribution in [3.8, 4) is 0 Å². The Bertz CT molecular complexity index is 769. The molecule has 1 N–H and O–H groups in total. The number of fused-ring (bicyclic) bond motifs is 1. The van der Waals surface area contributed by atoms with Crippen LogP contribution in [0.3, 0.4) is 0 Å². The molecule has 0 atom stereocenters. The summed E-state index contributed by atoms with van der Waals surface area (Å²) >= 11 is 18.3. The molecule has 0 saturated heterocycles. The molecule has 6 heteroatoms. The van der Waals surface area contributed by atoms with Crippen molar-refractivity contribution in [2.45, 2.75) is 0 Å². The van der Waals surface area contributed by atoms with Crippen LogP contribution in [-0.4, -0.2) is 10.2 Å². The van der Waals surface area contributed by atoms with Gasteiger partial charge in [0.1, 0.15) is 0 Å². The first-order valence-electron chi connectivity index (χ1n) is 5.79. The highest BCUT2D eigenvalue weighted by molar-refractivity contribution is 6.39. The van der Waals surface area contributed by atoms with E-state index in [1.165, 1.54) is 0 Å². The van der Waals surface area contributed by atoms with Gasteiger partial charge in [-0.25, -0.2) is 0 Å². The van der Waals surface area contributed by atoms with Crippen molar-refractivity contribution >= 4 is 57.1 Å². The Balaban J connectivity index is 2.14. The van der Waals surface area contributed by atoms with Gasteiger partial charge in [0.15, 0.2) is 11.0 Å². The number of aromatic nitrogens is 2. The lowest BCUT2D eigenvalue weighted by molar-refractivity contribution is 1.05. The Hall–Kier alpha value is -1.55. The smallest absolute Gasteiger partial charge is 0.161 e. The van der Waals surface area contributed by atoms with E-state index in [-0.39, 0.29) is 0 Å². The van der Waals surface area contributed by atoms with Crippen LogP contribution in [0.1, 0.15) is 0 Å². The maximum atomic E-state index is 6.14. The summed E-state index contributed by atoms with van der Waals surface area (Å²) in [6, 6.07) is 12.9. The summed E-state index contributed by atoms with van der Waals surface area (Å²) in [4.78, 5) is 0. The lowest BCUT2D eigenvalue weighted by atomic mass is 10.2. The number of anilines is 2. The van der Waals surface area contributed by atoms with E-state index in [0.717, 1.165) is 10.8 Å². The number of rotatable bonds is 2. The zero-order valence-corrected chi connectivity index (χ0v) is 12.3. The van der Waals surface area contributed by atoms with Gasteiger partial charge in [0.25, 0.3) is 0 Å². The zero-order chi connectivity index (χ0) is 14.1. The largest absolute Gasteiger partial charge is 0.336 e. The van der Waals surface area contributed by atoms with Crippen LogP contribution in [-0.2, 0) is 0 Å². The monoisotopic (exact) mass is 323 g/mol. The highest BCUT2D eigenvalue weighted by atomic mass is 35.5. The molecule has 0 aliphatic heterocycles. The fraction of sp³-hybridized carbons (Fsp3) is 0. The van der Waals surface area contributed by atoms with Gasteiger partial charge in [-0.2, -0.15) is 0 Å². The van der Waals surface area contributed by atoms with Crippen LogP contribution in [0.2, 0.25) is 15.2 Å². The van der Waals surface area contributed by atoms with Crippen molar-refractivity contribution in [3.63, 3.8) is 0 Å². The lowest BCUT2D eigenvalue weighted by Crippen LogP contribution is -1.98. The Morgan fingerprint density at radius 2 is 1.40 bits per heavy atom. The first-order chi connectivity index (χ1) is 9.66. The third-order valence-electron chi connectivity index (χ3n) is 2.85. The summed E-state index contributed by atoms with van der Waals surface area (Å²) in [6.07, 6.45) is 0. The summed E-state index contributed by atoms with van der Waals surface area (Å²) in [6.45, 7) is 0. The van der Waals surface area contributed by atoms with Gasteiger partial charge in [0, 0.05) is 10.8 Å². The highest BCUT2D eigenvalue weighted by Crippen LogP contribution is 2.34. The van der Waals surface area contributed by atoms with Crippen LogP contribution in [0, 0.1) is 0 Å². The van der Waals surface area contributed by atoms with E-state index in [1.54, 1.807) is 18.2 Å². The van der Waals surface area contributed by atoms with E-state index in [1.807, 2.05) is 24.3 Å². The quantitative estimate of drug-likeness (QED) is 0.692. The fourth-order valence-corrected chi connectivity index (χ4v) is 2.59. The molecule has 3 aromatic rings. The maximum absolute atomic E-state index is 6.14. The lowest BCUT2D eigenvalue weighted by Gasteiger charge is -2.11.